The number of nitrogens with one attached hydrogen (secondary N) is 1. The highest BCUT2D eigenvalue weighted by molar-refractivity contribution is 5.70. The fourth-order valence-corrected chi connectivity index (χ4v) is 3.35. The lowest BCUT2D eigenvalue weighted by atomic mass is 10.2. The van der Waals surface area contributed by atoms with Crippen LogP contribution in [0.4, 0.5) is 5.95 Å². The van der Waals surface area contributed by atoms with Gasteiger partial charge in [-0.1, -0.05) is 0 Å². The second kappa shape index (κ2) is 7.14. The molecule has 6 atom stereocenters. The van der Waals surface area contributed by atoms with Gasteiger partial charge in [-0.25, -0.2) is 4.98 Å². The number of H-pyrrole nitrogens is 1. The van der Waals surface area contributed by atoms with Crippen molar-refractivity contribution < 1.29 is 29.5 Å². The van der Waals surface area contributed by atoms with Crippen molar-refractivity contribution in [2.45, 2.75) is 49.8 Å². The predicted molar refractivity (Wildman–Crippen MR) is 89.4 cm³/mol. The lowest BCUT2D eigenvalue weighted by Crippen LogP contribution is -2.29. The first kappa shape index (κ1) is 18.3. The van der Waals surface area contributed by atoms with E-state index in [4.69, 9.17) is 25.1 Å². The molecule has 0 aliphatic carbocycles. The van der Waals surface area contributed by atoms with Gasteiger partial charge in [-0.15, -0.1) is 0 Å². The van der Waals surface area contributed by atoms with E-state index in [1.165, 1.54) is 6.33 Å². The summed E-state index contributed by atoms with van der Waals surface area (Å²) in [4.78, 5) is 22.4. The lowest BCUT2D eigenvalue weighted by molar-refractivity contribution is -0.168. The normalized spacial score (nSPS) is 33.9. The molecule has 0 radical (unpaired) electrons. The zero-order valence-corrected chi connectivity index (χ0v) is 14.3. The molecule has 2 aliphatic rings. The minimum Gasteiger partial charge on any atom is -0.394 e. The van der Waals surface area contributed by atoms with Gasteiger partial charge in [0.1, 0.15) is 18.4 Å². The van der Waals surface area contributed by atoms with Crippen LogP contribution in [0.1, 0.15) is 19.1 Å². The van der Waals surface area contributed by atoms with Crippen LogP contribution >= 0.6 is 0 Å². The molecule has 2 aromatic rings. The van der Waals surface area contributed by atoms with E-state index in [0.29, 0.717) is 0 Å². The molecule has 12 nitrogen and oxygen atoms in total. The van der Waals surface area contributed by atoms with Crippen molar-refractivity contribution in [3.05, 3.63) is 16.7 Å². The quantitative estimate of drug-likeness (QED) is 0.382. The Morgan fingerprint density at radius 3 is 2.81 bits per heavy atom. The topological polar surface area (TPSA) is 178 Å². The summed E-state index contributed by atoms with van der Waals surface area (Å²) in [5.41, 5.74) is 5.53. The Labute approximate surface area is 152 Å². The SMILES string of the molecule is Nc1nc2c(ncn2[C@H]2C[C@H](O)[C@@H](CO[C@@H]3C[C@H](O)[C@@H](CO)O3)O2)c(=O)[nH]1. The van der Waals surface area contributed by atoms with Crippen LogP contribution in [0.25, 0.3) is 11.2 Å². The van der Waals surface area contributed by atoms with Crippen molar-refractivity contribution in [2.75, 3.05) is 18.9 Å². The van der Waals surface area contributed by atoms with Gasteiger partial charge in [0.2, 0.25) is 5.95 Å². The van der Waals surface area contributed by atoms with Crippen molar-refractivity contribution >= 4 is 17.1 Å². The predicted octanol–water partition coefficient (Wildman–Crippen LogP) is -2.16. The van der Waals surface area contributed by atoms with Gasteiger partial charge in [0.15, 0.2) is 17.5 Å². The molecule has 27 heavy (non-hydrogen) atoms. The monoisotopic (exact) mass is 383 g/mol. The molecule has 4 heterocycles. The number of aliphatic hydroxyl groups excluding tert-OH is 3. The van der Waals surface area contributed by atoms with Gasteiger partial charge in [0, 0.05) is 12.8 Å². The molecule has 0 bridgehead atoms. The first-order valence-corrected chi connectivity index (χ1v) is 8.58. The summed E-state index contributed by atoms with van der Waals surface area (Å²) in [7, 11) is 0. The molecule has 6 N–H and O–H groups in total. The van der Waals surface area contributed by atoms with Crippen LogP contribution in [-0.2, 0) is 14.2 Å². The third-order valence-corrected chi connectivity index (χ3v) is 4.78. The fourth-order valence-electron chi connectivity index (χ4n) is 3.35. The van der Waals surface area contributed by atoms with E-state index in [1.54, 1.807) is 4.57 Å². The van der Waals surface area contributed by atoms with Crippen LogP contribution < -0.4 is 11.3 Å². The Morgan fingerprint density at radius 1 is 1.30 bits per heavy atom. The van der Waals surface area contributed by atoms with Crippen molar-refractivity contribution in [1.82, 2.24) is 19.5 Å². The van der Waals surface area contributed by atoms with Crippen LogP contribution in [0.5, 0.6) is 0 Å². The fraction of sp³-hybridized carbons (Fsp3) is 0.667. The molecular weight excluding hydrogens is 362 g/mol. The molecule has 0 unspecified atom stereocenters. The van der Waals surface area contributed by atoms with Crippen molar-refractivity contribution in [3.8, 4) is 0 Å². The van der Waals surface area contributed by atoms with E-state index >= 15 is 0 Å². The van der Waals surface area contributed by atoms with Crippen molar-refractivity contribution in [3.63, 3.8) is 0 Å². The number of nitrogens with two attached hydrogens (primary N) is 1. The maximum Gasteiger partial charge on any atom is 0.280 e. The van der Waals surface area contributed by atoms with Crippen LogP contribution in [0, 0.1) is 0 Å². The number of hydrogen-bond donors (Lipinski definition) is 5. The third kappa shape index (κ3) is 3.42. The summed E-state index contributed by atoms with van der Waals surface area (Å²) in [6, 6.07) is 0. The van der Waals surface area contributed by atoms with E-state index in [1.807, 2.05) is 0 Å². The van der Waals surface area contributed by atoms with Gasteiger partial charge in [-0.3, -0.25) is 14.3 Å². The molecule has 2 saturated heterocycles. The van der Waals surface area contributed by atoms with Crippen LogP contribution in [0.2, 0.25) is 0 Å². The van der Waals surface area contributed by atoms with E-state index < -0.39 is 42.5 Å². The second-order valence-corrected chi connectivity index (χ2v) is 6.63. The second-order valence-electron chi connectivity index (χ2n) is 6.63. The third-order valence-electron chi connectivity index (χ3n) is 4.78. The number of ether oxygens (including phenoxy) is 3. The van der Waals surface area contributed by atoms with Crippen LogP contribution in [-0.4, -0.2) is 78.8 Å². The van der Waals surface area contributed by atoms with Gasteiger partial charge in [-0.2, -0.15) is 4.98 Å². The summed E-state index contributed by atoms with van der Waals surface area (Å²) in [5.74, 6) is -0.0388. The molecule has 12 heteroatoms. The number of fused-ring (bicyclic) bond motifs is 1. The van der Waals surface area contributed by atoms with Gasteiger partial charge in [0.05, 0.1) is 31.7 Å². The number of imidazole rings is 1. The molecule has 0 aromatic carbocycles. The molecular formula is C15H21N5O7. The average molecular weight is 383 g/mol. The number of nitrogen functional groups attached to an aromatic ring is 1. The highest BCUT2D eigenvalue weighted by Gasteiger charge is 2.39. The number of nitrogens with zero attached hydrogens (tertiary/aromatic N) is 3. The van der Waals surface area contributed by atoms with Gasteiger partial charge < -0.3 is 35.3 Å². The summed E-state index contributed by atoms with van der Waals surface area (Å²) in [6.07, 6.45) is -2.30. The van der Waals surface area contributed by atoms with Gasteiger partial charge >= 0.3 is 0 Å². The lowest BCUT2D eigenvalue weighted by Gasteiger charge is -2.18. The zero-order chi connectivity index (χ0) is 19.1. The maximum atomic E-state index is 11.9. The van der Waals surface area contributed by atoms with Crippen LogP contribution in [0.3, 0.4) is 0 Å². The Balaban J connectivity index is 1.42. The standard InChI is InChI=1S/C15H21N5O7/c16-15-18-13-12(14(24)19-15)17-5-20(13)10-1-6(22)9(26-10)4-25-11-2-7(23)8(3-21)27-11/h5-11,21-23H,1-4H2,(H3,16,18,19,24)/t6-,7-,8+,9+,10+,11-/m0/s1. The zero-order valence-electron chi connectivity index (χ0n) is 14.3. The molecule has 0 spiro atoms. The number of aliphatic hydroxyl groups is 3. The Bertz CT molecular complexity index is 870. The number of aromatic nitrogens is 4. The summed E-state index contributed by atoms with van der Waals surface area (Å²) < 4.78 is 18.3. The van der Waals surface area contributed by atoms with Crippen molar-refractivity contribution in [1.29, 1.82) is 0 Å². The molecule has 148 valence electrons. The summed E-state index contributed by atoms with van der Waals surface area (Å²) in [6.45, 7) is -0.259. The first-order valence-electron chi connectivity index (χ1n) is 8.58. The van der Waals surface area contributed by atoms with E-state index in [9.17, 15) is 15.0 Å². The molecule has 2 aromatic heterocycles. The molecule has 0 amide bonds. The Hall–Kier alpha value is -2.09. The minimum absolute atomic E-state index is 0.0377. The Kier molecular flexibility index (Phi) is 4.84. The first-order chi connectivity index (χ1) is 13.0. The summed E-state index contributed by atoms with van der Waals surface area (Å²) in [5, 5.41) is 29.1. The van der Waals surface area contributed by atoms with Gasteiger partial charge in [0.25, 0.3) is 5.56 Å². The highest BCUT2D eigenvalue weighted by atomic mass is 16.7. The van der Waals surface area contributed by atoms with E-state index in [0.717, 1.165) is 0 Å². The largest absolute Gasteiger partial charge is 0.394 e. The average Bonchev–Trinajstić information content (AvgIpc) is 3.29. The smallest absolute Gasteiger partial charge is 0.280 e. The molecule has 0 saturated carbocycles. The van der Waals surface area contributed by atoms with E-state index in [-0.39, 0.29) is 43.2 Å². The van der Waals surface area contributed by atoms with Crippen LogP contribution in [0.15, 0.2) is 11.1 Å². The van der Waals surface area contributed by atoms with Crippen molar-refractivity contribution in [2.24, 2.45) is 0 Å². The molecule has 2 fully saturated rings. The number of rotatable bonds is 5. The highest BCUT2D eigenvalue weighted by Crippen LogP contribution is 2.31. The minimum atomic E-state index is -0.813. The number of hydrogen-bond acceptors (Lipinski definition) is 10. The van der Waals surface area contributed by atoms with E-state index in [2.05, 4.69) is 15.0 Å². The number of aromatic amines is 1. The molecule has 4 rings (SSSR count). The number of anilines is 1. The summed E-state index contributed by atoms with van der Waals surface area (Å²) >= 11 is 0. The van der Waals surface area contributed by atoms with Gasteiger partial charge in [-0.05, 0) is 0 Å². The molecule has 2 aliphatic heterocycles. The maximum absolute atomic E-state index is 11.9. The Morgan fingerprint density at radius 2 is 2.07 bits per heavy atom.